The molecule has 0 bridgehead atoms. The van der Waals surface area contributed by atoms with Crippen molar-refractivity contribution in [1.29, 1.82) is 0 Å². The molecule has 1 aromatic heterocycles. The van der Waals surface area contributed by atoms with Crippen LogP contribution in [0.1, 0.15) is 65.7 Å². The molecule has 0 aliphatic heterocycles. The second kappa shape index (κ2) is 13.7. The second-order valence-electron chi connectivity index (χ2n) is 7.54. The molecular formula is C24H34N2O4. The van der Waals surface area contributed by atoms with E-state index in [1.807, 2.05) is 19.1 Å². The SMILES string of the molecule is CCCCCCCOCOc1cnc(-c2ccc(OC(=O)CC(C)CC)cc2)nc1. The summed E-state index contributed by atoms with van der Waals surface area (Å²) >= 11 is 0. The van der Waals surface area contributed by atoms with E-state index in [1.165, 1.54) is 25.7 Å². The summed E-state index contributed by atoms with van der Waals surface area (Å²) in [7, 11) is 0. The molecule has 6 heteroatoms. The Labute approximate surface area is 180 Å². The third kappa shape index (κ3) is 8.91. The number of unbranched alkanes of at least 4 members (excludes halogenated alkanes) is 4. The van der Waals surface area contributed by atoms with Crippen molar-refractivity contribution in [3.63, 3.8) is 0 Å². The van der Waals surface area contributed by atoms with Gasteiger partial charge in [0.05, 0.1) is 19.0 Å². The number of hydrogen-bond donors (Lipinski definition) is 0. The number of rotatable bonds is 14. The third-order valence-corrected chi connectivity index (χ3v) is 4.89. The summed E-state index contributed by atoms with van der Waals surface area (Å²) in [5.41, 5.74) is 0.839. The van der Waals surface area contributed by atoms with Crippen molar-refractivity contribution in [2.24, 2.45) is 5.92 Å². The van der Waals surface area contributed by atoms with E-state index in [0.29, 0.717) is 36.3 Å². The van der Waals surface area contributed by atoms with Crippen LogP contribution in [0, 0.1) is 5.92 Å². The normalized spacial score (nSPS) is 11.8. The largest absolute Gasteiger partial charge is 0.464 e. The lowest BCUT2D eigenvalue weighted by Gasteiger charge is -2.09. The molecule has 0 aliphatic rings. The van der Waals surface area contributed by atoms with Crippen LogP contribution in [0.5, 0.6) is 11.5 Å². The fraction of sp³-hybridized carbons (Fsp3) is 0.542. The van der Waals surface area contributed by atoms with Crippen LogP contribution in [0.15, 0.2) is 36.7 Å². The van der Waals surface area contributed by atoms with Gasteiger partial charge in [-0.15, -0.1) is 0 Å². The molecule has 1 heterocycles. The van der Waals surface area contributed by atoms with E-state index >= 15 is 0 Å². The van der Waals surface area contributed by atoms with Gasteiger partial charge in [0.25, 0.3) is 0 Å². The van der Waals surface area contributed by atoms with Gasteiger partial charge in [0.2, 0.25) is 0 Å². The molecule has 0 spiro atoms. The number of aromatic nitrogens is 2. The summed E-state index contributed by atoms with van der Waals surface area (Å²) in [6.07, 6.45) is 10.7. The Morgan fingerprint density at radius 3 is 2.33 bits per heavy atom. The summed E-state index contributed by atoms with van der Waals surface area (Å²) < 4.78 is 16.4. The zero-order valence-corrected chi connectivity index (χ0v) is 18.4. The smallest absolute Gasteiger partial charge is 0.311 e. The molecule has 0 aliphatic carbocycles. The minimum Gasteiger partial charge on any atom is -0.464 e. The van der Waals surface area contributed by atoms with Crippen molar-refractivity contribution >= 4 is 5.97 Å². The quantitative estimate of drug-likeness (QED) is 0.168. The number of carbonyl (C=O) groups is 1. The molecule has 1 atom stereocenters. The molecule has 6 nitrogen and oxygen atoms in total. The van der Waals surface area contributed by atoms with Gasteiger partial charge >= 0.3 is 5.97 Å². The highest BCUT2D eigenvalue weighted by Crippen LogP contribution is 2.21. The van der Waals surface area contributed by atoms with Gasteiger partial charge in [-0.25, -0.2) is 9.97 Å². The van der Waals surface area contributed by atoms with Crippen molar-refractivity contribution in [2.75, 3.05) is 13.4 Å². The summed E-state index contributed by atoms with van der Waals surface area (Å²) in [5.74, 6) is 1.79. The first-order valence-corrected chi connectivity index (χ1v) is 11.0. The van der Waals surface area contributed by atoms with E-state index in [2.05, 4.69) is 23.8 Å². The lowest BCUT2D eigenvalue weighted by molar-refractivity contribution is -0.135. The van der Waals surface area contributed by atoms with Crippen LogP contribution in [0.4, 0.5) is 0 Å². The Morgan fingerprint density at radius 2 is 1.67 bits per heavy atom. The van der Waals surface area contributed by atoms with Gasteiger partial charge in [-0.3, -0.25) is 4.79 Å². The first-order valence-electron chi connectivity index (χ1n) is 11.0. The lowest BCUT2D eigenvalue weighted by Crippen LogP contribution is -2.11. The Bertz CT molecular complexity index is 732. The Kier molecular flexibility index (Phi) is 10.9. The highest BCUT2D eigenvalue weighted by molar-refractivity contribution is 5.72. The standard InChI is InChI=1S/C24H34N2O4/c1-4-6-7-8-9-14-28-18-29-22-16-25-24(26-17-22)20-10-12-21(13-11-20)30-23(27)15-19(3)5-2/h10-13,16-17,19H,4-9,14-15,18H2,1-3H3. The van der Waals surface area contributed by atoms with Gasteiger partial charge in [0.15, 0.2) is 18.4 Å². The van der Waals surface area contributed by atoms with Crippen LogP contribution in [0.2, 0.25) is 0 Å². The van der Waals surface area contributed by atoms with E-state index in [4.69, 9.17) is 14.2 Å². The molecule has 0 N–H and O–H groups in total. The van der Waals surface area contributed by atoms with Gasteiger partial charge < -0.3 is 14.2 Å². The predicted octanol–water partition coefficient (Wildman–Crippen LogP) is 5.81. The van der Waals surface area contributed by atoms with E-state index in [0.717, 1.165) is 18.4 Å². The first kappa shape index (κ1) is 23.8. The maximum atomic E-state index is 11.9. The maximum absolute atomic E-state index is 11.9. The van der Waals surface area contributed by atoms with Crippen LogP contribution in [0.3, 0.4) is 0 Å². The Morgan fingerprint density at radius 1 is 0.967 bits per heavy atom. The van der Waals surface area contributed by atoms with Crippen molar-refractivity contribution in [3.05, 3.63) is 36.7 Å². The molecule has 0 saturated heterocycles. The molecule has 164 valence electrons. The summed E-state index contributed by atoms with van der Waals surface area (Å²) in [6.45, 7) is 7.21. The average molecular weight is 415 g/mol. The Balaban J connectivity index is 1.74. The topological polar surface area (TPSA) is 70.5 Å². The second-order valence-corrected chi connectivity index (χ2v) is 7.54. The zero-order chi connectivity index (χ0) is 21.6. The predicted molar refractivity (Wildman–Crippen MR) is 117 cm³/mol. The molecule has 0 saturated carbocycles. The monoisotopic (exact) mass is 414 g/mol. The van der Waals surface area contributed by atoms with Crippen LogP contribution < -0.4 is 9.47 Å². The number of hydrogen-bond acceptors (Lipinski definition) is 6. The summed E-state index contributed by atoms with van der Waals surface area (Å²) in [5, 5.41) is 0. The number of benzene rings is 1. The number of nitrogens with zero attached hydrogens (tertiary/aromatic N) is 2. The minimum atomic E-state index is -0.210. The molecule has 1 aromatic carbocycles. The third-order valence-electron chi connectivity index (χ3n) is 4.89. The highest BCUT2D eigenvalue weighted by atomic mass is 16.7. The fourth-order valence-corrected chi connectivity index (χ4v) is 2.79. The van der Waals surface area contributed by atoms with Gasteiger partial charge in [0, 0.05) is 12.0 Å². The van der Waals surface area contributed by atoms with E-state index < -0.39 is 0 Å². The maximum Gasteiger partial charge on any atom is 0.311 e. The number of esters is 1. The van der Waals surface area contributed by atoms with Crippen molar-refractivity contribution in [1.82, 2.24) is 9.97 Å². The van der Waals surface area contributed by atoms with Crippen LogP contribution >= 0.6 is 0 Å². The van der Waals surface area contributed by atoms with Crippen molar-refractivity contribution in [3.8, 4) is 22.9 Å². The van der Waals surface area contributed by atoms with Crippen molar-refractivity contribution in [2.45, 2.75) is 65.7 Å². The molecular weight excluding hydrogens is 380 g/mol. The zero-order valence-electron chi connectivity index (χ0n) is 18.4. The molecule has 2 rings (SSSR count). The molecule has 30 heavy (non-hydrogen) atoms. The van der Waals surface area contributed by atoms with Crippen LogP contribution in [-0.2, 0) is 9.53 Å². The van der Waals surface area contributed by atoms with Gasteiger partial charge in [-0.1, -0.05) is 52.9 Å². The lowest BCUT2D eigenvalue weighted by atomic mass is 10.1. The highest BCUT2D eigenvalue weighted by Gasteiger charge is 2.10. The van der Waals surface area contributed by atoms with Crippen molar-refractivity contribution < 1.29 is 19.0 Å². The average Bonchev–Trinajstić information content (AvgIpc) is 2.76. The number of carbonyl (C=O) groups excluding carboxylic acids is 1. The van der Waals surface area contributed by atoms with Gasteiger partial charge in [0.1, 0.15) is 5.75 Å². The van der Waals surface area contributed by atoms with Crippen LogP contribution in [-0.4, -0.2) is 29.3 Å². The molecule has 0 amide bonds. The van der Waals surface area contributed by atoms with E-state index in [1.54, 1.807) is 24.5 Å². The van der Waals surface area contributed by atoms with Gasteiger partial charge in [-0.2, -0.15) is 0 Å². The molecule has 1 unspecified atom stereocenters. The molecule has 2 aromatic rings. The number of ether oxygens (including phenoxy) is 3. The van der Waals surface area contributed by atoms with E-state index in [9.17, 15) is 4.79 Å². The summed E-state index contributed by atoms with van der Waals surface area (Å²) in [6, 6.07) is 7.19. The van der Waals surface area contributed by atoms with Gasteiger partial charge in [-0.05, 0) is 36.6 Å². The fourth-order valence-electron chi connectivity index (χ4n) is 2.79. The van der Waals surface area contributed by atoms with Crippen LogP contribution in [0.25, 0.3) is 11.4 Å². The van der Waals surface area contributed by atoms with E-state index in [-0.39, 0.29) is 12.8 Å². The Hall–Kier alpha value is -2.47. The first-order chi connectivity index (χ1) is 14.6. The molecule has 0 fully saturated rings. The molecule has 0 radical (unpaired) electrons. The summed E-state index contributed by atoms with van der Waals surface area (Å²) in [4.78, 5) is 20.6. The minimum absolute atomic E-state index is 0.202.